The maximum atomic E-state index is 5.93. The molecule has 1 aliphatic heterocycles. The Labute approximate surface area is 131 Å². The number of nitrogens with zero attached hydrogens (tertiary/aromatic N) is 2. The predicted octanol–water partition coefficient (Wildman–Crippen LogP) is 4.14. The summed E-state index contributed by atoms with van der Waals surface area (Å²) in [5.41, 5.74) is 3.66. The molecule has 3 heteroatoms. The summed E-state index contributed by atoms with van der Waals surface area (Å²) in [6.07, 6.45) is 3.30. The van der Waals surface area contributed by atoms with E-state index in [-0.39, 0.29) is 0 Å². The van der Waals surface area contributed by atoms with E-state index in [2.05, 4.69) is 42.3 Å². The summed E-state index contributed by atoms with van der Waals surface area (Å²) in [5, 5.41) is 0.784. The molecule has 110 valence electrons. The zero-order valence-electron chi connectivity index (χ0n) is 12.4. The summed E-state index contributed by atoms with van der Waals surface area (Å²) in [6.45, 7) is 2.35. The molecule has 0 aliphatic carbocycles. The first-order valence-corrected chi connectivity index (χ1v) is 7.97. The number of hydrogen-bond acceptors (Lipinski definition) is 2. The van der Waals surface area contributed by atoms with Gasteiger partial charge in [-0.25, -0.2) is 0 Å². The summed E-state index contributed by atoms with van der Waals surface area (Å²) in [6, 6.07) is 14.5. The maximum Gasteiger partial charge on any atom is 0.0450 e. The van der Waals surface area contributed by atoms with Gasteiger partial charge in [-0.15, -0.1) is 0 Å². The number of hydrogen-bond donors (Lipinski definition) is 0. The minimum absolute atomic E-state index is 0.617. The molecule has 1 saturated heterocycles. The zero-order chi connectivity index (χ0) is 14.7. The van der Waals surface area contributed by atoms with Gasteiger partial charge in [-0.1, -0.05) is 29.8 Å². The minimum atomic E-state index is 0.617. The van der Waals surface area contributed by atoms with Gasteiger partial charge in [0.05, 0.1) is 0 Å². The lowest BCUT2D eigenvalue weighted by atomic mass is 9.93. The third-order valence-corrected chi connectivity index (χ3v) is 4.52. The van der Waals surface area contributed by atoms with Crippen LogP contribution in [0.2, 0.25) is 5.02 Å². The van der Waals surface area contributed by atoms with Gasteiger partial charge in [-0.2, -0.15) is 0 Å². The SMILES string of the molecule is CN1CCC(c2cccc(Cc3ccc(Cl)cc3)n2)CC1. The molecule has 1 aromatic carbocycles. The lowest BCUT2D eigenvalue weighted by Gasteiger charge is -2.28. The smallest absolute Gasteiger partial charge is 0.0450 e. The molecule has 2 heterocycles. The van der Waals surface area contributed by atoms with Crippen LogP contribution in [0.1, 0.15) is 35.7 Å². The van der Waals surface area contributed by atoms with Gasteiger partial charge >= 0.3 is 0 Å². The van der Waals surface area contributed by atoms with Crippen LogP contribution < -0.4 is 0 Å². The molecule has 2 aromatic rings. The summed E-state index contributed by atoms with van der Waals surface area (Å²) in [5.74, 6) is 0.617. The topological polar surface area (TPSA) is 16.1 Å². The standard InChI is InChI=1S/C18H21ClN2/c1-21-11-9-15(10-12-21)18-4-2-3-17(20-18)13-14-5-7-16(19)8-6-14/h2-8,15H,9-13H2,1H3. The van der Waals surface area contributed by atoms with Crippen molar-refractivity contribution in [2.45, 2.75) is 25.2 Å². The monoisotopic (exact) mass is 300 g/mol. The second-order valence-corrected chi connectivity index (χ2v) is 6.37. The van der Waals surface area contributed by atoms with Crippen molar-refractivity contribution in [1.82, 2.24) is 9.88 Å². The van der Waals surface area contributed by atoms with E-state index in [1.807, 2.05) is 12.1 Å². The normalized spacial score (nSPS) is 17.0. The van der Waals surface area contributed by atoms with Crippen LogP contribution in [-0.4, -0.2) is 30.0 Å². The van der Waals surface area contributed by atoms with Gasteiger partial charge in [0.2, 0.25) is 0 Å². The predicted molar refractivity (Wildman–Crippen MR) is 88.0 cm³/mol. The fraction of sp³-hybridized carbons (Fsp3) is 0.389. The van der Waals surface area contributed by atoms with Gasteiger partial charge in [0.25, 0.3) is 0 Å². The van der Waals surface area contributed by atoms with Crippen LogP contribution in [0.4, 0.5) is 0 Å². The molecule has 0 amide bonds. The molecular weight excluding hydrogens is 280 g/mol. The molecule has 0 spiro atoms. The fourth-order valence-corrected chi connectivity index (χ4v) is 3.07. The average molecular weight is 301 g/mol. The lowest BCUT2D eigenvalue weighted by Crippen LogP contribution is -2.29. The number of aromatic nitrogens is 1. The van der Waals surface area contributed by atoms with Crippen molar-refractivity contribution in [3.05, 3.63) is 64.4 Å². The largest absolute Gasteiger partial charge is 0.306 e. The molecule has 0 atom stereocenters. The third kappa shape index (κ3) is 3.84. The van der Waals surface area contributed by atoms with E-state index in [0.717, 1.165) is 17.1 Å². The van der Waals surface area contributed by atoms with E-state index < -0.39 is 0 Å². The van der Waals surface area contributed by atoms with Gasteiger partial charge < -0.3 is 4.90 Å². The Kier molecular flexibility index (Phi) is 4.57. The molecule has 0 N–H and O–H groups in total. The molecule has 1 fully saturated rings. The van der Waals surface area contributed by atoms with E-state index in [4.69, 9.17) is 16.6 Å². The molecule has 0 radical (unpaired) electrons. The number of halogens is 1. The van der Waals surface area contributed by atoms with Crippen molar-refractivity contribution in [1.29, 1.82) is 0 Å². The van der Waals surface area contributed by atoms with Crippen molar-refractivity contribution in [2.24, 2.45) is 0 Å². The molecule has 0 bridgehead atoms. The second-order valence-electron chi connectivity index (χ2n) is 5.93. The van der Waals surface area contributed by atoms with E-state index in [9.17, 15) is 0 Å². The number of pyridine rings is 1. The van der Waals surface area contributed by atoms with Crippen molar-refractivity contribution >= 4 is 11.6 Å². The van der Waals surface area contributed by atoms with Crippen molar-refractivity contribution in [3.63, 3.8) is 0 Å². The molecule has 0 unspecified atom stereocenters. The maximum absolute atomic E-state index is 5.93. The number of benzene rings is 1. The molecule has 3 rings (SSSR count). The highest BCUT2D eigenvalue weighted by molar-refractivity contribution is 6.30. The van der Waals surface area contributed by atoms with Crippen LogP contribution in [0.3, 0.4) is 0 Å². The first-order valence-electron chi connectivity index (χ1n) is 7.59. The second kappa shape index (κ2) is 6.59. The highest BCUT2D eigenvalue weighted by atomic mass is 35.5. The Hall–Kier alpha value is -1.38. The van der Waals surface area contributed by atoms with Gasteiger partial charge in [0, 0.05) is 28.7 Å². The Bertz CT molecular complexity index is 586. The first kappa shape index (κ1) is 14.6. The Morgan fingerprint density at radius 1 is 1.10 bits per heavy atom. The van der Waals surface area contributed by atoms with Gasteiger partial charge in [0.15, 0.2) is 0 Å². The van der Waals surface area contributed by atoms with Gasteiger partial charge in [-0.3, -0.25) is 4.98 Å². The molecular formula is C18H21ClN2. The number of piperidine rings is 1. The quantitative estimate of drug-likeness (QED) is 0.847. The molecule has 1 aliphatic rings. The summed E-state index contributed by atoms with van der Waals surface area (Å²) in [7, 11) is 2.20. The Balaban J connectivity index is 1.72. The molecule has 1 aromatic heterocycles. The minimum Gasteiger partial charge on any atom is -0.306 e. The van der Waals surface area contributed by atoms with Crippen LogP contribution in [0.15, 0.2) is 42.5 Å². The first-order chi connectivity index (χ1) is 10.2. The summed E-state index contributed by atoms with van der Waals surface area (Å²) in [4.78, 5) is 7.28. The van der Waals surface area contributed by atoms with E-state index in [1.54, 1.807) is 0 Å². The summed E-state index contributed by atoms with van der Waals surface area (Å²) < 4.78 is 0. The lowest BCUT2D eigenvalue weighted by molar-refractivity contribution is 0.253. The van der Waals surface area contributed by atoms with E-state index in [1.165, 1.54) is 37.2 Å². The highest BCUT2D eigenvalue weighted by Crippen LogP contribution is 2.26. The van der Waals surface area contributed by atoms with Crippen molar-refractivity contribution < 1.29 is 0 Å². The van der Waals surface area contributed by atoms with Crippen LogP contribution in [0, 0.1) is 0 Å². The molecule has 0 saturated carbocycles. The Morgan fingerprint density at radius 2 is 1.81 bits per heavy atom. The molecule has 2 nitrogen and oxygen atoms in total. The summed E-state index contributed by atoms with van der Waals surface area (Å²) >= 11 is 5.93. The van der Waals surface area contributed by atoms with Crippen LogP contribution in [0.25, 0.3) is 0 Å². The van der Waals surface area contributed by atoms with Crippen molar-refractivity contribution in [3.8, 4) is 0 Å². The Morgan fingerprint density at radius 3 is 2.52 bits per heavy atom. The van der Waals surface area contributed by atoms with Crippen molar-refractivity contribution in [2.75, 3.05) is 20.1 Å². The highest BCUT2D eigenvalue weighted by Gasteiger charge is 2.19. The van der Waals surface area contributed by atoms with E-state index in [0.29, 0.717) is 5.92 Å². The third-order valence-electron chi connectivity index (χ3n) is 4.26. The zero-order valence-corrected chi connectivity index (χ0v) is 13.2. The fourth-order valence-electron chi connectivity index (χ4n) is 2.94. The average Bonchev–Trinajstić information content (AvgIpc) is 2.51. The van der Waals surface area contributed by atoms with E-state index >= 15 is 0 Å². The van der Waals surface area contributed by atoms with Gasteiger partial charge in [0.1, 0.15) is 0 Å². The number of likely N-dealkylation sites (tertiary alicyclic amines) is 1. The molecule has 21 heavy (non-hydrogen) atoms. The van der Waals surface area contributed by atoms with Crippen LogP contribution in [0.5, 0.6) is 0 Å². The van der Waals surface area contributed by atoms with Gasteiger partial charge in [-0.05, 0) is 62.8 Å². The van der Waals surface area contributed by atoms with Crippen LogP contribution >= 0.6 is 11.6 Å². The van der Waals surface area contributed by atoms with Crippen LogP contribution in [-0.2, 0) is 6.42 Å². The number of rotatable bonds is 3.